The summed E-state index contributed by atoms with van der Waals surface area (Å²) in [5.41, 5.74) is 5.52. The molecule has 0 bridgehead atoms. The number of rotatable bonds is 10. The van der Waals surface area contributed by atoms with Crippen molar-refractivity contribution in [1.29, 1.82) is 0 Å². The number of benzene rings is 1. The maximum absolute atomic E-state index is 4.91. The Balaban J connectivity index is 1.98. The van der Waals surface area contributed by atoms with Crippen molar-refractivity contribution in [3.63, 3.8) is 0 Å². The second-order valence-electron chi connectivity index (χ2n) is 6.18. The molecule has 1 aromatic rings. The second kappa shape index (κ2) is 8.92. The van der Waals surface area contributed by atoms with E-state index in [0.29, 0.717) is 0 Å². The Kier molecular flexibility index (Phi) is 6.85. The molecule has 1 heteroatoms. The molecule has 0 amide bonds. The molecular formula is C20H30N. The van der Waals surface area contributed by atoms with Crippen molar-refractivity contribution in [3.05, 3.63) is 35.5 Å². The number of nitrogens with zero attached hydrogens (tertiary/aromatic N) is 1. The van der Waals surface area contributed by atoms with Crippen molar-refractivity contribution < 1.29 is 0 Å². The molecule has 0 aromatic heterocycles. The van der Waals surface area contributed by atoms with Crippen LogP contribution in [0.25, 0.3) is 5.57 Å². The Morgan fingerprint density at radius 1 is 0.762 bits per heavy atom. The minimum atomic E-state index is 1.16. The lowest BCUT2D eigenvalue weighted by atomic mass is 9.97. The van der Waals surface area contributed by atoms with Crippen LogP contribution in [-0.2, 0) is 0 Å². The molecule has 21 heavy (non-hydrogen) atoms. The van der Waals surface area contributed by atoms with Gasteiger partial charge in [0.1, 0.15) is 0 Å². The highest BCUT2D eigenvalue weighted by Crippen LogP contribution is 2.39. The van der Waals surface area contributed by atoms with Gasteiger partial charge >= 0.3 is 0 Å². The number of allylic oxidation sites excluding steroid dienone is 2. The van der Waals surface area contributed by atoms with Crippen LogP contribution in [0.15, 0.2) is 30.0 Å². The van der Waals surface area contributed by atoms with Crippen LogP contribution in [0.4, 0.5) is 5.69 Å². The van der Waals surface area contributed by atoms with Crippen LogP contribution in [-0.4, -0.2) is 0 Å². The molecule has 2 rings (SSSR count). The number of unbranched alkanes of at least 4 members (excludes halogenated alkanes) is 6. The van der Waals surface area contributed by atoms with Gasteiger partial charge in [-0.15, -0.1) is 0 Å². The van der Waals surface area contributed by atoms with E-state index < -0.39 is 0 Å². The topological polar surface area (TPSA) is 14.1 Å². The van der Waals surface area contributed by atoms with Gasteiger partial charge in [-0.2, -0.15) is 0 Å². The Morgan fingerprint density at radius 2 is 1.43 bits per heavy atom. The van der Waals surface area contributed by atoms with Crippen LogP contribution in [0, 0.1) is 0 Å². The van der Waals surface area contributed by atoms with Crippen molar-refractivity contribution >= 4 is 11.3 Å². The van der Waals surface area contributed by atoms with E-state index in [9.17, 15) is 0 Å². The van der Waals surface area contributed by atoms with E-state index in [1.165, 1.54) is 74.7 Å². The molecule has 0 N–H and O–H groups in total. The van der Waals surface area contributed by atoms with Gasteiger partial charge in [-0.25, -0.2) is 0 Å². The molecule has 115 valence electrons. The van der Waals surface area contributed by atoms with E-state index in [1.54, 1.807) is 5.57 Å². The molecule has 1 heterocycles. The summed E-state index contributed by atoms with van der Waals surface area (Å²) in [5, 5.41) is 4.91. The van der Waals surface area contributed by atoms with E-state index in [-0.39, 0.29) is 0 Å². The molecule has 0 aliphatic carbocycles. The molecule has 1 aromatic carbocycles. The molecule has 0 saturated carbocycles. The fourth-order valence-electron chi connectivity index (χ4n) is 3.13. The van der Waals surface area contributed by atoms with E-state index in [1.807, 2.05) is 0 Å². The Labute approximate surface area is 130 Å². The minimum Gasteiger partial charge on any atom is -0.253 e. The largest absolute Gasteiger partial charge is 0.253 e. The maximum atomic E-state index is 4.91. The highest BCUT2D eigenvalue weighted by atomic mass is 14.9. The predicted octanol–water partition coefficient (Wildman–Crippen LogP) is 6.59. The fraction of sp³-hybridized carbons (Fsp3) is 0.600. The van der Waals surface area contributed by atoms with E-state index in [4.69, 9.17) is 5.32 Å². The first-order valence-corrected chi connectivity index (χ1v) is 8.90. The molecule has 1 aliphatic rings. The smallest absolute Gasteiger partial charge is 0.0708 e. The van der Waals surface area contributed by atoms with Crippen LogP contribution in [0.1, 0.15) is 83.6 Å². The van der Waals surface area contributed by atoms with E-state index >= 15 is 0 Å². The highest BCUT2D eigenvalue weighted by Gasteiger charge is 2.21. The molecule has 1 aliphatic heterocycles. The lowest BCUT2D eigenvalue weighted by molar-refractivity contribution is 0.651. The second-order valence-corrected chi connectivity index (χ2v) is 6.18. The van der Waals surface area contributed by atoms with Gasteiger partial charge in [-0.1, -0.05) is 70.6 Å². The predicted molar refractivity (Wildman–Crippen MR) is 92.7 cm³/mol. The summed E-state index contributed by atoms with van der Waals surface area (Å²) >= 11 is 0. The lowest BCUT2D eigenvalue weighted by Gasteiger charge is -2.07. The summed E-state index contributed by atoms with van der Waals surface area (Å²) in [6.07, 6.45) is 13.0. The molecule has 0 saturated heterocycles. The van der Waals surface area contributed by atoms with Gasteiger partial charge in [-0.3, -0.25) is 5.32 Å². The molecule has 0 atom stereocenters. The van der Waals surface area contributed by atoms with Gasteiger partial charge in [0.05, 0.1) is 5.69 Å². The standard InChI is InChI=1S/C20H30N/c1-3-5-7-9-13-17-18-14-11-12-16-20(18)21-19(17)15-10-8-6-4-2/h11-12,14,16H,3-10,13,15H2,1-2H3. The Morgan fingerprint density at radius 3 is 2.14 bits per heavy atom. The van der Waals surface area contributed by atoms with Crippen LogP contribution in [0.5, 0.6) is 0 Å². The molecular weight excluding hydrogens is 254 g/mol. The summed E-state index contributed by atoms with van der Waals surface area (Å²) in [4.78, 5) is 0. The summed E-state index contributed by atoms with van der Waals surface area (Å²) < 4.78 is 0. The fourth-order valence-corrected chi connectivity index (χ4v) is 3.13. The van der Waals surface area contributed by atoms with Crippen LogP contribution < -0.4 is 5.32 Å². The number of fused-ring (bicyclic) bond motifs is 1. The van der Waals surface area contributed by atoms with Crippen LogP contribution in [0.3, 0.4) is 0 Å². The van der Waals surface area contributed by atoms with Gasteiger partial charge in [0.15, 0.2) is 0 Å². The number of hydrogen-bond acceptors (Lipinski definition) is 0. The summed E-state index contributed by atoms with van der Waals surface area (Å²) in [7, 11) is 0. The summed E-state index contributed by atoms with van der Waals surface area (Å²) in [6.45, 7) is 4.55. The van der Waals surface area contributed by atoms with Crippen molar-refractivity contribution in [2.45, 2.75) is 78.1 Å². The molecule has 0 fully saturated rings. The molecule has 0 unspecified atom stereocenters. The van der Waals surface area contributed by atoms with Crippen molar-refractivity contribution in [1.82, 2.24) is 5.32 Å². The van der Waals surface area contributed by atoms with Gasteiger partial charge < -0.3 is 0 Å². The first-order chi connectivity index (χ1) is 10.4. The summed E-state index contributed by atoms with van der Waals surface area (Å²) in [5.74, 6) is 0. The maximum Gasteiger partial charge on any atom is 0.0708 e. The SMILES string of the molecule is CCCCCCC1=C(CCCCCC)c2ccccc2[N]1. The van der Waals surface area contributed by atoms with Gasteiger partial charge in [0.25, 0.3) is 0 Å². The number of para-hydroxylation sites is 1. The van der Waals surface area contributed by atoms with Gasteiger partial charge in [0, 0.05) is 11.3 Å². The number of hydrogen-bond donors (Lipinski definition) is 0. The van der Waals surface area contributed by atoms with Crippen molar-refractivity contribution in [2.75, 3.05) is 0 Å². The zero-order chi connectivity index (χ0) is 14.9. The van der Waals surface area contributed by atoms with Crippen LogP contribution >= 0.6 is 0 Å². The lowest BCUT2D eigenvalue weighted by Crippen LogP contribution is -1.95. The highest BCUT2D eigenvalue weighted by molar-refractivity contribution is 5.81. The minimum absolute atomic E-state index is 1.16. The monoisotopic (exact) mass is 284 g/mol. The first-order valence-electron chi connectivity index (χ1n) is 8.90. The zero-order valence-electron chi connectivity index (χ0n) is 13.8. The Hall–Kier alpha value is -1.24. The average molecular weight is 284 g/mol. The van der Waals surface area contributed by atoms with Gasteiger partial charge in [0.2, 0.25) is 0 Å². The third kappa shape index (κ3) is 4.62. The average Bonchev–Trinajstić information content (AvgIpc) is 2.86. The molecule has 1 nitrogen and oxygen atoms in total. The van der Waals surface area contributed by atoms with E-state index in [0.717, 1.165) is 6.42 Å². The van der Waals surface area contributed by atoms with E-state index in [2.05, 4.69) is 38.1 Å². The molecule has 0 spiro atoms. The van der Waals surface area contributed by atoms with Crippen LogP contribution in [0.2, 0.25) is 0 Å². The first kappa shape index (κ1) is 16.1. The van der Waals surface area contributed by atoms with Crippen molar-refractivity contribution in [2.24, 2.45) is 0 Å². The normalized spacial score (nSPS) is 13.4. The third-order valence-corrected chi connectivity index (χ3v) is 4.38. The summed E-state index contributed by atoms with van der Waals surface area (Å²) in [6, 6.07) is 8.69. The Bertz CT molecular complexity index is 459. The van der Waals surface area contributed by atoms with Crippen molar-refractivity contribution in [3.8, 4) is 0 Å². The van der Waals surface area contributed by atoms with Gasteiger partial charge in [-0.05, 0) is 37.3 Å². The molecule has 1 radical (unpaired) electrons. The third-order valence-electron chi connectivity index (χ3n) is 4.38. The zero-order valence-corrected chi connectivity index (χ0v) is 13.8. The quantitative estimate of drug-likeness (QED) is 0.430.